The second-order valence-corrected chi connectivity index (χ2v) is 10.0. The summed E-state index contributed by atoms with van der Waals surface area (Å²) in [6.45, 7) is 11.1. The number of fused-ring (bicyclic) bond motifs is 1. The lowest BCUT2D eigenvalue weighted by Gasteiger charge is -2.34. The van der Waals surface area contributed by atoms with Gasteiger partial charge in [-0.25, -0.2) is 4.98 Å². The van der Waals surface area contributed by atoms with Crippen LogP contribution in [0.15, 0.2) is 47.5 Å². The van der Waals surface area contributed by atoms with Crippen LogP contribution in [0.2, 0.25) is 0 Å². The smallest absolute Gasteiger partial charge is 0.253 e. The summed E-state index contributed by atoms with van der Waals surface area (Å²) in [7, 11) is 0. The molecule has 1 aliphatic heterocycles. The molecule has 0 bridgehead atoms. The fourth-order valence-electron chi connectivity index (χ4n) is 5.36. The maximum absolute atomic E-state index is 13.5. The molecule has 5 rings (SSSR count). The van der Waals surface area contributed by atoms with Crippen molar-refractivity contribution in [1.29, 1.82) is 0 Å². The van der Waals surface area contributed by atoms with E-state index in [9.17, 15) is 9.59 Å². The minimum absolute atomic E-state index is 0.0566. The highest BCUT2D eigenvalue weighted by Gasteiger charge is 2.26. The first-order chi connectivity index (χ1) is 18.2. The molecule has 0 aliphatic carbocycles. The number of morpholine rings is 1. The molecule has 1 unspecified atom stereocenters. The van der Waals surface area contributed by atoms with E-state index < -0.39 is 0 Å². The molecule has 4 N–H and O–H groups in total. The van der Waals surface area contributed by atoms with Crippen molar-refractivity contribution in [3.8, 4) is 11.1 Å². The number of carbonyl (C=O) groups is 1. The van der Waals surface area contributed by atoms with Gasteiger partial charge in [0.15, 0.2) is 0 Å². The Hall–Kier alpha value is -3.95. The molecule has 9 heteroatoms. The van der Waals surface area contributed by atoms with Crippen molar-refractivity contribution in [2.24, 2.45) is 0 Å². The Kier molecular flexibility index (Phi) is 7.05. The van der Waals surface area contributed by atoms with Crippen LogP contribution in [-0.2, 0) is 11.3 Å². The van der Waals surface area contributed by atoms with Crippen LogP contribution in [0.5, 0.6) is 0 Å². The molecule has 0 radical (unpaired) electrons. The lowest BCUT2D eigenvalue weighted by molar-refractivity contribution is 0.0187. The summed E-state index contributed by atoms with van der Waals surface area (Å²) in [5, 5.41) is 2.99. The van der Waals surface area contributed by atoms with Crippen molar-refractivity contribution in [2.75, 3.05) is 32.0 Å². The van der Waals surface area contributed by atoms with Crippen LogP contribution in [0.3, 0.4) is 0 Å². The molecule has 1 amide bonds. The number of amides is 1. The Labute approximate surface area is 221 Å². The topological polar surface area (TPSA) is 118 Å². The van der Waals surface area contributed by atoms with Crippen LogP contribution >= 0.6 is 0 Å². The number of nitrogens with zero attached hydrogens (tertiary/aromatic N) is 3. The normalized spacial score (nSPS) is 15.1. The van der Waals surface area contributed by atoms with Gasteiger partial charge in [-0.2, -0.15) is 0 Å². The Balaban J connectivity index is 1.56. The fraction of sp³-hybridized carbons (Fsp3) is 0.345. The van der Waals surface area contributed by atoms with Crippen molar-refractivity contribution in [3.05, 3.63) is 86.7 Å². The number of rotatable bonds is 6. The van der Waals surface area contributed by atoms with E-state index in [-0.39, 0.29) is 24.1 Å². The van der Waals surface area contributed by atoms with E-state index in [0.29, 0.717) is 30.2 Å². The van der Waals surface area contributed by atoms with Gasteiger partial charge in [-0.15, -0.1) is 0 Å². The van der Waals surface area contributed by atoms with Crippen LogP contribution in [0.1, 0.15) is 51.4 Å². The average Bonchev–Trinajstić information content (AvgIpc) is 3.32. The number of aromatic nitrogens is 3. The maximum Gasteiger partial charge on any atom is 0.253 e. The summed E-state index contributed by atoms with van der Waals surface area (Å²) in [6.07, 6.45) is 3.86. The second-order valence-electron chi connectivity index (χ2n) is 10.0. The lowest BCUT2D eigenvalue weighted by atomic mass is 10.0. The Bertz CT molecular complexity index is 1550. The van der Waals surface area contributed by atoms with Gasteiger partial charge >= 0.3 is 0 Å². The monoisotopic (exact) mass is 514 g/mol. The van der Waals surface area contributed by atoms with E-state index in [1.54, 1.807) is 12.3 Å². The fourth-order valence-corrected chi connectivity index (χ4v) is 5.36. The van der Waals surface area contributed by atoms with Gasteiger partial charge in [0.25, 0.3) is 11.5 Å². The number of aryl methyl sites for hydroxylation is 2. The summed E-state index contributed by atoms with van der Waals surface area (Å²) in [5.74, 6) is 0.258. The average molecular weight is 515 g/mol. The third kappa shape index (κ3) is 4.94. The van der Waals surface area contributed by atoms with Gasteiger partial charge in [-0.1, -0.05) is 0 Å². The van der Waals surface area contributed by atoms with E-state index in [0.717, 1.165) is 52.2 Å². The SMILES string of the molecule is Cc1cc(C)c(CNC(=O)c2cc3cc(-c4ccc(N)nc4)cn3c(C(C)N3CCOCC3)c2C)c(=O)[nH]1. The van der Waals surface area contributed by atoms with Gasteiger partial charge in [-0.3, -0.25) is 14.5 Å². The molecule has 4 aromatic rings. The van der Waals surface area contributed by atoms with E-state index in [1.165, 1.54) is 0 Å². The first kappa shape index (κ1) is 25.7. The van der Waals surface area contributed by atoms with Gasteiger partial charge < -0.3 is 25.2 Å². The highest BCUT2D eigenvalue weighted by Crippen LogP contribution is 2.32. The quantitative estimate of drug-likeness (QED) is 0.362. The predicted molar refractivity (Wildman–Crippen MR) is 148 cm³/mol. The zero-order chi connectivity index (χ0) is 27.0. The van der Waals surface area contributed by atoms with Crippen molar-refractivity contribution in [2.45, 2.75) is 40.3 Å². The molecule has 0 saturated carbocycles. The summed E-state index contributed by atoms with van der Waals surface area (Å²) in [4.78, 5) is 35.5. The molecule has 9 nitrogen and oxygen atoms in total. The molecular weight excluding hydrogens is 480 g/mol. The largest absolute Gasteiger partial charge is 0.384 e. The number of nitrogen functional groups attached to an aromatic ring is 1. The van der Waals surface area contributed by atoms with E-state index in [2.05, 4.69) is 43.8 Å². The molecule has 38 heavy (non-hydrogen) atoms. The number of carbonyl (C=O) groups excluding carboxylic acids is 1. The molecule has 198 valence electrons. The molecule has 5 heterocycles. The third-order valence-corrected chi connectivity index (χ3v) is 7.46. The summed E-state index contributed by atoms with van der Waals surface area (Å²) in [6, 6.07) is 9.68. The van der Waals surface area contributed by atoms with Crippen molar-refractivity contribution in [1.82, 2.24) is 24.6 Å². The van der Waals surface area contributed by atoms with Crippen molar-refractivity contribution >= 4 is 17.2 Å². The predicted octanol–water partition coefficient (Wildman–Crippen LogP) is 3.52. The van der Waals surface area contributed by atoms with E-state index >= 15 is 0 Å². The maximum atomic E-state index is 13.5. The molecule has 1 saturated heterocycles. The van der Waals surface area contributed by atoms with Crippen molar-refractivity contribution in [3.63, 3.8) is 0 Å². The van der Waals surface area contributed by atoms with Crippen LogP contribution in [0, 0.1) is 20.8 Å². The Morgan fingerprint density at radius 1 is 1.16 bits per heavy atom. The highest BCUT2D eigenvalue weighted by atomic mass is 16.5. The van der Waals surface area contributed by atoms with Crippen LogP contribution < -0.4 is 16.6 Å². The number of nitrogens with two attached hydrogens (primary N) is 1. The summed E-state index contributed by atoms with van der Waals surface area (Å²) in [5.41, 5.74) is 13.2. The Morgan fingerprint density at radius 2 is 1.92 bits per heavy atom. The second kappa shape index (κ2) is 10.4. The van der Waals surface area contributed by atoms with Gasteiger partial charge in [-0.05, 0) is 69.2 Å². The molecule has 1 atom stereocenters. The van der Waals surface area contributed by atoms with Gasteiger partial charge in [0.1, 0.15) is 5.82 Å². The minimum Gasteiger partial charge on any atom is -0.384 e. The number of aromatic amines is 1. The van der Waals surface area contributed by atoms with Crippen molar-refractivity contribution < 1.29 is 9.53 Å². The van der Waals surface area contributed by atoms with Gasteiger partial charge in [0.05, 0.1) is 13.2 Å². The lowest BCUT2D eigenvalue weighted by Crippen LogP contribution is -2.39. The van der Waals surface area contributed by atoms with Crippen LogP contribution in [0.4, 0.5) is 5.82 Å². The van der Waals surface area contributed by atoms with Crippen LogP contribution in [-0.4, -0.2) is 51.5 Å². The number of pyridine rings is 3. The number of anilines is 1. The summed E-state index contributed by atoms with van der Waals surface area (Å²) < 4.78 is 7.75. The van der Waals surface area contributed by atoms with Crippen LogP contribution in [0.25, 0.3) is 16.6 Å². The van der Waals surface area contributed by atoms with Gasteiger partial charge in [0.2, 0.25) is 0 Å². The number of hydrogen-bond acceptors (Lipinski definition) is 6. The number of H-pyrrole nitrogens is 1. The Morgan fingerprint density at radius 3 is 2.61 bits per heavy atom. The molecule has 0 spiro atoms. The zero-order valence-corrected chi connectivity index (χ0v) is 22.3. The third-order valence-electron chi connectivity index (χ3n) is 7.46. The van der Waals surface area contributed by atoms with E-state index in [4.69, 9.17) is 10.5 Å². The molecule has 1 fully saturated rings. The molecule has 0 aromatic carbocycles. The highest BCUT2D eigenvalue weighted by molar-refractivity contribution is 5.97. The molecule has 4 aromatic heterocycles. The standard InChI is InChI=1S/C29H34N6O3/c1-17-11-18(2)33-29(37)25(17)15-32-28(36)24-13-23-12-22(21-5-6-26(30)31-14-21)16-35(23)27(19(24)3)20(4)34-7-9-38-10-8-34/h5-6,11-14,16,20H,7-10,15H2,1-4H3,(H2,30,31)(H,32,36)(H,33,37). The summed E-state index contributed by atoms with van der Waals surface area (Å²) >= 11 is 0. The molecule has 1 aliphatic rings. The molecular formula is C29H34N6O3. The first-order valence-electron chi connectivity index (χ1n) is 12.9. The van der Waals surface area contributed by atoms with E-state index in [1.807, 2.05) is 39.0 Å². The number of nitrogens with one attached hydrogen (secondary N) is 2. The minimum atomic E-state index is -0.211. The van der Waals surface area contributed by atoms with Gasteiger partial charge in [0, 0.05) is 77.2 Å². The number of ether oxygens (including phenoxy) is 1. The first-order valence-corrected chi connectivity index (χ1v) is 12.9. The number of hydrogen-bond donors (Lipinski definition) is 3. The zero-order valence-electron chi connectivity index (χ0n) is 22.3.